The van der Waals surface area contributed by atoms with Gasteiger partial charge in [0.15, 0.2) is 0 Å². The van der Waals surface area contributed by atoms with E-state index in [1.807, 2.05) is 6.92 Å². The van der Waals surface area contributed by atoms with Gasteiger partial charge < -0.3 is 10.0 Å². The Bertz CT molecular complexity index is 488. The summed E-state index contributed by atoms with van der Waals surface area (Å²) in [6, 6.07) is 2.07. The molecule has 0 atom stereocenters. The van der Waals surface area contributed by atoms with Gasteiger partial charge in [0.1, 0.15) is 11.6 Å². The van der Waals surface area contributed by atoms with Crippen LogP contribution in [0.15, 0.2) is 6.07 Å². The van der Waals surface area contributed by atoms with Gasteiger partial charge in [-0.1, -0.05) is 48.5 Å². The lowest BCUT2D eigenvalue weighted by Gasteiger charge is -2.47. The Kier molecular flexibility index (Phi) is 3.81. The molecule has 1 saturated heterocycles. The Morgan fingerprint density at radius 3 is 2.10 bits per heavy atom. The molecule has 0 aromatic carbocycles. The van der Waals surface area contributed by atoms with E-state index in [4.69, 9.17) is 9.97 Å². The molecule has 0 spiro atoms. The normalized spacial score (nSPS) is 18.6. The van der Waals surface area contributed by atoms with Crippen LogP contribution in [0.25, 0.3) is 0 Å². The smallest absolute Gasteiger partial charge is 0.136 e. The fourth-order valence-electron chi connectivity index (χ4n) is 2.37. The summed E-state index contributed by atoms with van der Waals surface area (Å²) in [7, 11) is 0. The molecule has 0 unspecified atom stereocenters. The number of hydrogen-bond acceptors (Lipinski definition) is 4. The van der Waals surface area contributed by atoms with Crippen LogP contribution in [0, 0.1) is 0 Å². The summed E-state index contributed by atoms with van der Waals surface area (Å²) in [6.07, 6.45) is 0.785. The van der Waals surface area contributed by atoms with Crippen LogP contribution in [-0.2, 0) is 10.8 Å². The van der Waals surface area contributed by atoms with Crippen LogP contribution in [0.4, 0.5) is 5.82 Å². The maximum Gasteiger partial charge on any atom is 0.136 e. The molecule has 1 aromatic rings. The maximum absolute atomic E-state index is 10.2. The number of β-amino-alcohol motifs (C(OH)–C–C–N with tert-alkyl or cyclic N) is 1. The minimum Gasteiger partial charge on any atom is -0.386 e. The highest BCUT2D eigenvalue weighted by molar-refractivity contribution is 5.46. The fourth-order valence-corrected chi connectivity index (χ4v) is 2.37. The van der Waals surface area contributed by atoms with Gasteiger partial charge in [-0.3, -0.25) is 0 Å². The first-order chi connectivity index (χ1) is 9.44. The molecule has 2 heterocycles. The lowest BCUT2D eigenvalue weighted by atomic mass is 9.88. The monoisotopic (exact) mass is 291 g/mol. The van der Waals surface area contributed by atoms with Gasteiger partial charge in [0, 0.05) is 30.0 Å². The molecule has 118 valence electrons. The quantitative estimate of drug-likeness (QED) is 0.910. The van der Waals surface area contributed by atoms with E-state index < -0.39 is 5.60 Å². The van der Waals surface area contributed by atoms with Crippen molar-refractivity contribution >= 4 is 5.82 Å². The van der Waals surface area contributed by atoms with Crippen molar-refractivity contribution < 1.29 is 5.11 Å². The second-order valence-electron chi connectivity index (χ2n) is 8.37. The van der Waals surface area contributed by atoms with Gasteiger partial charge in [0.25, 0.3) is 0 Å². The van der Waals surface area contributed by atoms with Gasteiger partial charge >= 0.3 is 0 Å². The fraction of sp³-hybridized carbons (Fsp3) is 0.765. The number of aliphatic hydroxyl groups is 1. The van der Waals surface area contributed by atoms with Crippen molar-refractivity contribution in [1.82, 2.24) is 9.97 Å². The van der Waals surface area contributed by atoms with E-state index in [0.29, 0.717) is 13.1 Å². The molecule has 1 N–H and O–H groups in total. The Balaban J connectivity index is 2.38. The first-order valence-electron chi connectivity index (χ1n) is 7.82. The van der Waals surface area contributed by atoms with E-state index in [2.05, 4.69) is 52.5 Å². The summed E-state index contributed by atoms with van der Waals surface area (Å²) < 4.78 is 0. The second-order valence-corrected chi connectivity index (χ2v) is 8.37. The van der Waals surface area contributed by atoms with Crippen LogP contribution >= 0.6 is 0 Å². The van der Waals surface area contributed by atoms with Crippen molar-refractivity contribution in [2.75, 3.05) is 18.0 Å². The van der Waals surface area contributed by atoms with Gasteiger partial charge in [-0.25, -0.2) is 9.97 Å². The molecule has 4 nitrogen and oxygen atoms in total. The molecule has 1 aliphatic rings. The number of aromatic nitrogens is 2. The number of hydrogen-bond donors (Lipinski definition) is 1. The van der Waals surface area contributed by atoms with Gasteiger partial charge in [0.05, 0.1) is 11.3 Å². The minimum atomic E-state index is -0.547. The Morgan fingerprint density at radius 1 is 1.10 bits per heavy atom. The van der Waals surface area contributed by atoms with Gasteiger partial charge in [-0.15, -0.1) is 0 Å². The van der Waals surface area contributed by atoms with Gasteiger partial charge in [0.2, 0.25) is 0 Å². The van der Waals surface area contributed by atoms with Crippen molar-refractivity contribution in [1.29, 1.82) is 0 Å². The van der Waals surface area contributed by atoms with Crippen LogP contribution < -0.4 is 4.90 Å². The maximum atomic E-state index is 10.2. The SMILES string of the molecule is CCC1(O)CN(c2cc(C(C)(C)C)nc(C(C)(C)C)n2)C1. The lowest BCUT2D eigenvalue weighted by Crippen LogP contribution is -2.62. The van der Waals surface area contributed by atoms with Gasteiger partial charge in [-0.05, 0) is 6.42 Å². The molecule has 0 bridgehead atoms. The second kappa shape index (κ2) is 4.94. The Morgan fingerprint density at radius 2 is 1.67 bits per heavy atom. The van der Waals surface area contributed by atoms with E-state index in [0.717, 1.165) is 23.8 Å². The van der Waals surface area contributed by atoms with Crippen LogP contribution in [0.2, 0.25) is 0 Å². The highest BCUT2D eigenvalue weighted by Crippen LogP contribution is 2.33. The highest BCUT2D eigenvalue weighted by atomic mass is 16.3. The molecule has 0 radical (unpaired) electrons. The van der Waals surface area contributed by atoms with Gasteiger partial charge in [-0.2, -0.15) is 0 Å². The van der Waals surface area contributed by atoms with E-state index in [9.17, 15) is 5.11 Å². The average Bonchev–Trinajstić information content (AvgIpc) is 2.32. The van der Waals surface area contributed by atoms with Crippen molar-refractivity contribution in [2.45, 2.75) is 71.3 Å². The summed E-state index contributed by atoms with van der Waals surface area (Å²) >= 11 is 0. The van der Waals surface area contributed by atoms with Crippen LogP contribution in [0.5, 0.6) is 0 Å². The Labute approximate surface area is 128 Å². The lowest BCUT2D eigenvalue weighted by molar-refractivity contribution is 0.00799. The van der Waals surface area contributed by atoms with Crippen molar-refractivity contribution in [3.63, 3.8) is 0 Å². The van der Waals surface area contributed by atoms with Crippen LogP contribution in [-0.4, -0.2) is 33.8 Å². The highest BCUT2D eigenvalue weighted by Gasteiger charge is 2.40. The first kappa shape index (κ1) is 16.2. The molecule has 1 aliphatic heterocycles. The third-order valence-electron chi connectivity index (χ3n) is 4.10. The molecule has 0 aliphatic carbocycles. The number of anilines is 1. The van der Waals surface area contributed by atoms with Crippen molar-refractivity contribution in [3.05, 3.63) is 17.6 Å². The summed E-state index contributed by atoms with van der Waals surface area (Å²) in [5.74, 6) is 1.81. The molecule has 4 heteroatoms. The molecule has 2 rings (SSSR count). The van der Waals surface area contributed by atoms with Crippen LogP contribution in [0.3, 0.4) is 0 Å². The predicted molar refractivity (Wildman–Crippen MR) is 86.9 cm³/mol. The topological polar surface area (TPSA) is 49.2 Å². The zero-order valence-corrected chi connectivity index (χ0v) is 14.5. The first-order valence-corrected chi connectivity index (χ1v) is 7.82. The summed E-state index contributed by atoms with van der Waals surface area (Å²) in [6.45, 7) is 16.3. The summed E-state index contributed by atoms with van der Waals surface area (Å²) in [4.78, 5) is 11.7. The predicted octanol–water partition coefficient (Wildman–Crippen LogP) is 3.03. The summed E-state index contributed by atoms with van der Waals surface area (Å²) in [5, 5.41) is 10.2. The zero-order chi connectivity index (χ0) is 16.1. The largest absolute Gasteiger partial charge is 0.386 e. The van der Waals surface area contributed by atoms with E-state index in [1.165, 1.54) is 0 Å². The van der Waals surface area contributed by atoms with Crippen LogP contribution in [0.1, 0.15) is 66.4 Å². The molecule has 1 aromatic heterocycles. The van der Waals surface area contributed by atoms with E-state index >= 15 is 0 Å². The average molecular weight is 291 g/mol. The molecule has 0 amide bonds. The van der Waals surface area contributed by atoms with Crippen molar-refractivity contribution in [3.8, 4) is 0 Å². The number of nitrogens with zero attached hydrogens (tertiary/aromatic N) is 3. The summed E-state index contributed by atoms with van der Waals surface area (Å²) in [5.41, 5.74) is 0.421. The molecule has 1 fully saturated rings. The number of rotatable bonds is 2. The van der Waals surface area contributed by atoms with E-state index in [1.54, 1.807) is 0 Å². The molecule has 21 heavy (non-hydrogen) atoms. The zero-order valence-electron chi connectivity index (χ0n) is 14.5. The van der Waals surface area contributed by atoms with Crippen molar-refractivity contribution in [2.24, 2.45) is 0 Å². The third-order valence-corrected chi connectivity index (χ3v) is 4.10. The molecule has 0 saturated carbocycles. The Hall–Kier alpha value is -1.16. The minimum absolute atomic E-state index is 0.0103. The van der Waals surface area contributed by atoms with E-state index in [-0.39, 0.29) is 10.8 Å². The molecular weight excluding hydrogens is 262 g/mol. The standard InChI is InChI=1S/C17H29N3O/c1-8-17(21)10-20(11-17)13-9-12(15(2,3)4)18-14(19-13)16(5,6)7/h9,21H,8,10-11H2,1-7H3. The third kappa shape index (κ3) is 3.37. The molecular formula is C17H29N3O.